The number of aromatic nitrogens is 3. The monoisotopic (exact) mass is 282 g/mol. The molecule has 0 saturated carbocycles. The first-order valence-electron chi connectivity index (χ1n) is 4.18. The van der Waals surface area contributed by atoms with Crippen molar-refractivity contribution in [3.63, 3.8) is 0 Å². The molecule has 0 unspecified atom stereocenters. The molecule has 0 bridgehead atoms. The number of rotatable bonds is 2. The number of anilines is 1. The van der Waals surface area contributed by atoms with Crippen molar-refractivity contribution in [1.29, 1.82) is 0 Å². The van der Waals surface area contributed by atoms with Gasteiger partial charge in [-0.05, 0) is 28.1 Å². The van der Waals surface area contributed by atoms with E-state index < -0.39 is 0 Å². The van der Waals surface area contributed by atoms with Gasteiger partial charge in [-0.25, -0.2) is 9.97 Å². The van der Waals surface area contributed by atoms with Gasteiger partial charge in [0.25, 0.3) is 0 Å². The molecule has 6 heteroatoms. The van der Waals surface area contributed by atoms with Crippen molar-refractivity contribution < 1.29 is 0 Å². The first kappa shape index (κ1) is 10.3. The van der Waals surface area contributed by atoms with Gasteiger partial charge in [-0.15, -0.1) is 0 Å². The van der Waals surface area contributed by atoms with Gasteiger partial charge in [0.05, 0.1) is 0 Å². The highest BCUT2D eigenvalue weighted by Crippen LogP contribution is 2.11. The predicted molar refractivity (Wildman–Crippen MR) is 65.8 cm³/mol. The van der Waals surface area contributed by atoms with E-state index in [4.69, 9.17) is 12.2 Å². The molecule has 4 nitrogen and oxygen atoms in total. The average Bonchev–Trinajstić information content (AvgIpc) is 2.74. The lowest BCUT2D eigenvalue weighted by atomic mass is 10.4. The summed E-state index contributed by atoms with van der Waals surface area (Å²) >= 11 is 8.44. The molecule has 0 spiro atoms. The average molecular weight is 283 g/mol. The summed E-state index contributed by atoms with van der Waals surface area (Å²) in [6.45, 7) is 0. The van der Waals surface area contributed by atoms with E-state index in [1.54, 1.807) is 18.6 Å². The predicted octanol–water partition coefficient (Wildman–Crippen LogP) is 2.35. The third-order valence-electron chi connectivity index (χ3n) is 1.68. The third-order valence-corrected chi connectivity index (χ3v) is 2.45. The van der Waals surface area contributed by atoms with Crippen LogP contribution in [0.15, 0.2) is 35.2 Å². The van der Waals surface area contributed by atoms with Crippen molar-refractivity contribution in [2.75, 3.05) is 5.32 Å². The molecule has 0 radical (unpaired) electrons. The number of thiocarbonyl (C=S) groups is 1. The molecule has 0 fully saturated rings. The number of H-pyrrole nitrogens is 1. The van der Waals surface area contributed by atoms with Gasteiger partial charge >= 0.3 is 0 Å². The van der Waals surface area contributed by atoms with Crippen molar-refractivity contribution in [2.24, 2.45) is 0 Å². The number of nitrogens with one attached hydrogen (secondary N) is 2. The minimum absolute atomic E-state index is 0.523. The Morgan fingerprint density at radius 2 is 2.27 bits per heavy atom. The summed E-state index contributed by atoms with van der Waals surface area (Å²) in [7, 11) is 0. The largest absolute Gasteiger partial charge is 0.343 e. The molecule has 76 valence electrons. The quantitative estimate of drug-likeness (QED) is 0.831. The molecular weight excluding hydrogens is 276 g/mol. The number of imidazole rings is 1. The van der Waals surface area contributed by atoms with Gasteiger partial charge < -0.3 is 10.3 Å². The minimum atomic E-state index is 0.523. The lowest BCUT2D eigenvalue weighted by Gasteiger charge is -2.03. The number of nitrogens with zero attached hydrogens (tertiary/aromatic N) is 2. The normalized spacial score (nSPS) is 9.93. The second-order valence-electron chi connectivity index (χ2n) is 2.75. The summed E-state index contributed by atoms with van der Waals surface area (Å²) in [5.41, 5.74) is 0. The fourth-order valence-electron chi connectivity index (χ4n) is 1.01. The van der Waals surface area contributed by atoms with Crippen LogP contribution in [-0.4, -0.2) is 19.9 Å². The van der Waals surface area contributed by atoms with E-state index in [1.165, 1.54) is 0 Å². The highest BCUT2D eigenvalue weighted by Gasteiger charge is 2.03. The van der Waals surface area contributed by atoms with Crippen LogP contribution >= 0.6 is 28.1 Å². The first-order chi connectivity index (χ1) is 7.25. The van der Waals surface area contributed by atoms with Crippen molar-refractivity contribution in [2.45, 2.75) is 0 Å². The fourth-order valence-corrected chi connectivity index (χ4v) is 1.47. The van der Waals surface area contributed by atoms with Gasteiger partial charge in [-0.3, -0.25) is 0 Å². The topological polar surface area (TPSA) is 53.6 Å². The lowest BCUT2D eigenvalue weighted by molar-refractivity contribution is 1.25. The Morgan fingerprint density at radius 1 is 1.40 bits per heavy atom. The molecule has 0 amide bonds. The fraction of sp³-hybridized carbons (Fsp3) is 0. The van der Waals surface area contributed by atoms with Gasteiger partial charge in [0, 0.05) is 23.1 Å². The smallest absolute Gasteiger partial charge is 0.165 e. The van der Waals surface area contributed by atoms with Crippen LogP contribution in [0.5, 0.6) is 0 Å². The number of pyridine rings is 1. The number of aromatic amines is 1. The van der Waals surface area contributed by atoms with Crippen LogP contribution in [0, 0.1) is 0 Å². The van der Waals surface area contributed by atoms with Crippen molar-refractivity contribution >= 4 is 39.0 Å². The Labute approximate surface area is 100 Å². The van der Waals surface area contributed by atoms with E-state index >= 15 is 0 Å². The van der Waals surface area contributed by atoms with E-state index in [0.29, 0.717) is 16.6 Å². The summed E-state index contributed by atoms with van der Waals surface area (Å²) in [6.07, 6.45) is 5.07. The molecule has 2 aromatic heterocycles. The zero-order chi connectivity index (χ0) is 10.7. The standard InChI is InChI=1S/C9H7BrN4S/c10-6-1-2-7(13-5-6)14-9(15)8-11-3-4-12-8/h1-5H,(H,11,12)(H,13,14,15). The molecule has 2 aromatic rings. The number of hydrogen-bond donors (Lipinski definition) is 2. The second kappa shape index (κ2) is 4.50. The van der Waals surface area contributed by atoms with Crippen molar-refractivity contribution in [3.8, 4) is 0 Å². The van der Waals surface area contributed by atoms with E-state index in [2.05, 4.69) is 36.2 Å². The third kappa shape index (κ3) is 2.60. The lowest BCUT2D eigenvalue weighted by Crippen LogP contribution is -2.13. The Morgan fingerprint density at radius 3 is 2.87 bits per heavy atom. The Kier molecular flexibility index (Phi) is 3.08. The molecule has 0 atom stereocenters. The van der Waals surface area contributed by atoms with Crippen molar-refractivity contribution in [3.05, 3.63) is 41.0 Å². The molecule has 2 N–H and O–H groups in total. The molecular formula is C9H7BrN4S. The first-order valence-corrected chi connectivity index (χ1v) is 5.38. The molecule has 0 aromatic carbocycles. The van der Waals surface area contributed by atoms with Crippen LogP contribution < -0.4 is 5.32 Å². The van der Waals surface area contributed by atoms with Gasteiger partial charge in [-0.1, -0.05) is 12.2 Å². The Balaban J connectivity index is 2.09. The van der Waals surface area contributed by atoms with E-state index in [-0.39, 0.29) is 0 Å². The summed E-state index contributed by atoms with van der Waals surface area (Å²) < 4.78 is 0.928. The van der Waals surface area contributed by atoms with Crippen LogP contribution in [0.2, 0.25) is 0 Å². The Hall–Kier alpha value is -1.27. The van der Waals surface area contributed by atoms with Crippen molar-refractivity contribution in [1.82, 2.24) is 15.0 Å². The summed E-state index contributed by atoms with van der Waals surface area (Å²) in [5, 5.41) is 2.98. The molecule has 0 aliphatic carbocycles. The molecule has 2 rings (SSSR count). The minimum Gasteiger partial charge on any atom is -0.343 e. The maximum absolute atomic E-state index is 5.13. The van der Waals surface area contributed by atoms with Gasteiger partial charge in [0.15, 0.2) is 5.82 Å². The summed E-state index contributed by atoms with van der Waals surface area (Å²) in [4.78, 5) is 11.6. The SMILES string of the molecule is S=C(Nc1ccc(Br)cn1)c1ncc[nH]1. The zero-order valence-corrected chi connectivity index (χ0v) is 9.97. The maximum Gasteiger partial charge on any atom is 0.165 e. The van der Waals surface area contributed by atoms with E-state index in [1.807, 2.05) is 12.1 Å². The van der Waals surface area contributed by atoms with Gasteiger partial charge in [-0.2, -0.15) is 0 Å². The van der Waals surface area contributed by atoms with Gasteiger partial charge in [0.1, 0.15) is 10.8 Å². The zero-order valence-electron chi connectivity index (χ0n) is 7.57. The summed E-state index contributed by atoms with van der Waals surface area (Å²) in [6, 6.07) is 3.72. The van der Waals surface area contributed by atoms with Crippen LogP contribution in [0.25, 0.3) is 0 Å². The van der Waals surface area contributed by atoms with Crippen LogP contribution in [-0.2, 0) is 0 Å². The molecule has 15 heavy (non-hydrogen) atoms. The molecule has 0 saturated heterocycles. The van der Waals surface area contributed by atoms with E-state index in [0.717, 1.165) is 4.47 Å². The molecule has 0 aliphatic heterocycles. The molecule has 0 aliphatic rings. The molecule has 2 heterocycles. The second-order valence-corrected chi connectivity index (χ2v) is 4.08. The highest BCUT2D eigenvalue weighted by molar-refractivity contribution is 9.10. The van der Waals surface area contributed by atoms with E-state index in [9.17, 15) is 0 Å². The van der Waals surface area contributed by atoms with Gasteiger partial charge in [0.2, 0.25) is 0 Å². The van der Waals surface area contributed by atoms with Crippen LogP contribution in [0.4, 0.5) is 5.82 Å². The highest BCUT2D eigenvalue weighted by atomic mass is 79.9. The van der Waals surface area contributed by atoms with Crippen LogP contribution in [0.1, 0.15) is 5.82 Å². The Bertz CT molecular complexity index is 451. The summed E-state index contributed by atoms with van der Waals surface area (Å²) in [5.74, 6) is 1.33. The van der Waals surface area contributed by atoms with Crippen LogP contribution in [0.3, 0.4) is 0 Å². The number of halogens is 1. The maximum atomic E-state index is 5.13. The number of hydrogen-bond acceptors (Lipinski definition) is 3.